The molecule has 1 aliphatic rings. The number of rotatable bonds is 5. The lowest BCUT2D eigenvalue weighted by Crippen LogP contribution is -2.43. The fraction of sp³-hybridized carbons (Fsp3) is 0.529. The summed E-state index contributed by atoms with van der Waals surface area (Å²) in [7, 11) is 0. The number of hydrogen-bond acceptors (Lipinski definition) is 3. The van der Waals surface area contributed by atoms with Crippen molar-refractivity contribution < 1.29 is 19.4 Å². The van der Waals surface area contributed by atoms with E-state index in [2.05, 4.69) is 5.32 Å². The average molecular weight is 320 g/mol. The first kappa shape index (κ1) is 17.1. The van der Waals surface area contributed by atoms with E-state index >= 15 is 0 Å². The molecule has 0 radical (unpaired) electrons. The standard InChI is InChI=1S/C17H24N2O4/c1-12-5-4-6-14(9-12)23-13(2)10-18-16(22)19-8-7-17(3,11-19)15(20)21/h4-6,9,13H,7-8,10-11H2,1-3H3,(H,18,22)(H,20,21). The van der Waals surface area contributed by atoms with Gasteiger partial charge in [0.25, 0.3) is 0 Å². The number of carbonyl (C=O) groups excluding carboxylic acids is 1. The highest BCUT2D eigenvalue weighted by Gasteiger charge is 2.42. The normalized spacial score (nSPS) is 21.8. The molecule has 1 fully saturated rings. The quantitative estimate of drug-likeness (QED) is 0.872. The van der Waals surface area contributed by atoms with E-state index in [0.717, 1.165) is 11.3 Å². The van der Waals surface area contributed by atoms with E-state index in [4.69, 9.17) is 4.74 Å². The highest BCUT2D eigenvalue weighted by atomic mass is 16.5. The van der Waals surface area contributed by atoms with E-state index in [-0.39, 0.29) is 18.7 Å². The van der Waals surface area contributed by atoms with Gasteiger partial charge >= 0.3 is 12.0 Å². The fourth-order valence-corrected chi connectivity index (χ4v) is 2.61. The van der Waals surface area contributed by atoms with E-state index < -0.39 is 11.4 Å². The van der Waals surface area contributed by atoms with Gasteiger partial charge in [-0.2, -0.15) is 0 Å². The summed E-state index contributed by atoms with van der Waals surface area (Å²) in [6.07, 6.45) is 0.305. The summed E-state index contributed by atoms with van der Waals surface area (Å²) in [4.78, 5) is 24.9. The Balaban J connectivity index is 1.79. The van der Waals surface area contributed by atoms with Gasteiger partial charge < -0.3 is 20.1 Å². The molecule has 126 valence electrons. The van der Waals surface area contributed by atoms with Gasteiger partial charge in [-0.15, -0.1) is 0 Å². The van der Waals surface area contributed by atoms with Crippen molar-refractivity contribution in [2.45, 2.75) is 33.3 Å². The Labute approximate surface area is 136 Å². The third kappa shape index (κ3) is 4.37. The number of hydrogen-bond donors (Lipinski definition) is 2. The van der Waals surface area contributed by atoms with Gasteiger partial charge in [0, 0.05) is 13.1 Å². The molecule has 0 aliphatic carbocycles. The maximum Gasteiger partial charge on any atom is 0.317 e. The average Bonchev–Trinajstić information content (AvgIpc) is 2.89. The molecule has 2 atom stereocenters. The van der Waals surface area contributed by atoms with Crippen LogP contribution in [-0.4, -0.2) is 47.7 Å². The van der Waals surface area contributed by atoms with E-state index in [0.29, 0.717) is 19.5 Å². The van der Waals surface area contributed by atoms with E-state index in [1.807, 2.05) is 38.1 Å². The van der Waals surface area contributed by atoms with Crippen LogP contribution in [0, 0.1) is 12.3 Å². The summed E-state index contributed by atoms with van der Waals surface area (Å²) in [5.74, 6) is -0.0877. The lowest BCUT2D eigenvalue weighted by atomic mass is 9.90. The fourth-order valence-electron chi connectivity index (χ4n) is 2.61. The Morgan fingerprint density at radius 2 is 2.22 bits per heavy atom. The molecule has 2 unspecified atom stereocenters. The van der Waals surface area contributed by atoms with Crippen LogP contribution in [0.25, 0.3) is 0 Å². The van der Waals surface area contributed by atoms with Crippen molar-refractivity contribution in [3.8, 4) is 5.75 Å². The third-order valence-corrected chi connectivity index (χ3v) is 4.14. The zero-order chi connectivity index (χ0) is 17.0. The van der Waals surface area contributed by atoms with Gasteiger partial charge in [0.2, 0.25) is 0 Å². The first-order valence-corrected chi connectivity index (χ1v) is 7.80. The number of benzene rings is 1. The van der Waals surface area contributed by atoms with Crippen molar-refractivity contribution in [1.82, 2.24) is 10.2 Å². The lowest BCUT2D eigenvalue weighted by molar-refractivity contribution is -0.147. The number of amides is 2. The smallest absolute Gasteiger partial charge is 0.317 e. The van der Waals surface area contributed by atoms with Gasteiger partial charge in [-0.3, -0.25) is 4.79 Å². The zero-order valence-electron chi connectivity index (χ0n) is 13.8. The van der Waals surface area contributed by atoms with Crippen molar-refractivity contribution in [3.63, 3.8) is 0 Å². The molecule has 1 aromatic carbocycles. The van der Waals surface area contributed by atoms with Gasteiger partial charge in [-0.1, -0.05) is 12.1 Å². The molecule has 0 spiro atoms. The number of nitrogens with one attached hydrogen (secondary N) is 1. The SMILES string of the molecule is Cc1cccc(OC(C)CNC(=O)N2CCC(C)(C(=O)O)C2)c1. The highest BCUT2D eigenvalue weighted by Crippen LogP contribution is 2.29. The molecule has 1 saturated heterocycles. The van der Waals surface area contributed by atoms with E-state index in [1.54, 1.807) is 11.8 Å². The van der Waals surface area contributed by atoms with Crippen molar-refractivity contribution in [2.24, 2.45) is 5.41 Å². The molecule has 2 amide bonds. The van der Waals surface area contributed by atoms with Crippen molar-refractivity contribution in [3.05, 3.63) is 29.8 Å². The second-order valence-electron chi connectivity index (χ2n) is 6.47. The lowest BCUT2D eigenvalue weighted by Gasteiger charge is -2.22. The highest BCUT2D eigenvalue weighted by molar-refractivity contribution is 5.79. The summed E-state index contributed by atoms with van der Waals surface area (Å²) in [6, 6.07) is 7.50. The van der Waals surface area contributed by atoms with E-state index in [9.17, 15) is 14.7 Å². The molecule has 0 aromatic heterocycles. The van der Waals surface area contributed by atoms with Crippen LogP contribution in [0.4, 0.5) is 4.79 Å². The van der Waals surface area contributed by atoms with Crippen LogP contribution in [0.1, 0.15) is 25.8 Å². The Kier molecular flexibility index (Phi) is 5.13. The predicted molar refractivity (Wildman–Crippen MR) is 86.6 cm³/mol. The third-order valence-electron chi connectivity index (χ3n) is 4.14. The van der Waals surface area contributed by atoms with Crippen LogP contribution in [0.2, 0.25) is 0 Å². The van der Waals surface area contributed by atoms with Crippen molar-refractivity contribution >= 4 is 12.0 Å². The first-order valence-electron chi connectivity index (χ1n) is 7.80. The van der Waals surface area contributed by atoms with Gasteiger partial charge in [0.05, 0.1) is 12.0 Å². The number of nitrogens with zero attached hydrogens (tertiary/aromatic N) is 1. The van der Waals surface area contributed by atoms with Crippen LogP contribution >= 0.6 is 0 Å². The number of carboxylic acid groups (broad SMARTS) is 1. The summed E-state index contributed by atoms with van der Waals surface area (Å²) in [5, 5.41) is 12.0. The molecule has 1 aromatic rings. The molecule has 0 saturated carbocycles. The van der Waals surface area contributed by atoms with Gasteiger partial charge in [0.1, 0.15) is 11.9 Å². The molecule has 6 heteroatoms. The van der Waals surface area contributed by atoms with Gasteiger partial charge in [0.15, 0.2) is 0 Å². The molecule has 23 heavy (non-hydrogen) atoms. The number of aryl methyl sites for hydroxylation is 1. The van der Waals surface area contributed by atoms with Crippen molar-refractivity contribution in [2.75, 3.05) is 19.6 Å². The molecule has 1 heterocycles. The Morgan fingerprint density at radius 1 is 1.48 bits per heavy atom. The Morgan fingerprint density at radius 3 is 2.83 bits per heavy atom. The number of ether oxygens (including phenoxy) is 1. The minimum atomic E-state index is -0.857. The topological polar surface area (TPSA) is 78.9 Å². The van der Waals surface area contributed by atoms with Gasteiger partial charge in [-0.25, -0.2) is 4.79 Å². The van der Waals surface area contributed by atoms with Crippen molar-refractivity contribution in [1.29, 1.82) is 0 Å². The summed E-state index contributed by atoms with van der Waals surface area (Å²) in [5.41, 5.74) is 0.268. The zero-order valence-corrected chi connectivity index (χ0v) is 13.8. The maximum atomic E-state index is 12.1. The number of carboxylic acids is 1. The Hall–Kier alpha value is -2.24. The van der Waals surface area contributed by atoms with Crippen LogP contribution in [-0.2, 0) is 4.79 Å². The van der Waals surface area contributed by atoms with Crippen LogP contribution < -0.4 is 10.1 Å². The minimum absolute atomic E-state index is 0.172. The van der Waals surface area contributed by atoms with Gasteiger partial charge in [-0.05, 0) is 44.9 Å². The number of urea groups is 1. The van der Waals surface area contributed by atoms with Crippen LogP contribution in [0.5, 0.6) is 5.75 Å². The molecule has 1 aliphatic heterocycles. The number of carbonyl (C=O) groups is 2. The number of likely N-dealkylation sites (tertiary alicyclic amines) is 1. The summed E-state index contributed by atoms with van der Waals surface area (Å²) < 4.78 is 5.76. The van der Waals surface area contributed by atoms with E-state index in [1.165, 1.54) is 0 Å². The molecular formula is C17H24N2O4. The first-order chi connectivity index (χ1) is 10.8. The largest absolute Gasteiger partial charge is 0.489 e. The molecule has 6 nitrogen and oxygen atoms in total. The minimum Gasteiger partial charge on any atom is -0.489 e. The summed E-state index contributed by atoms with van der Waals surface area (Å²) >= 11 is 0. The monoisotopic (exact) mass is 320 g/mol. The molecule has 2 rings (SSSR count). The molecule has 2 N–H and O–H groups in total. The maximum absolute atomic E-state index is 12.1. The number of aliphatic carboxylic acids is 1. The summed E-state index contributed by atoms with van der Waals surface area (Å²) in [6.45, 7) is 6.61. The van der Waals surface area contributed by atoms with Crippen LogP contribution in [0.15, 0.2) is 24.3 Å². The predicted octanol–water partition coefficient (Wildman–Crippen LogP) is 2.27. The molecule has 0 bridgehead atoms. The van der Waals surface area contributed by atoms with Crippen LogP contribution in [0.3, 0.4) is 0 Å². The second kappa shape index (κ2) is 6.89. The second-order valence-corrected chi connectivity index (χ2v) is 6.47. The Bertz CT molecular complexity index is 590. The molecular weight excluding hydrogens is 296 g/mol.